The number of hydrogen-bond acceptors (Lipinski definition) is 0. The Hall–Kier alpha value is -2.03. The van der Waals surface area contributed by atoms with E-state index in [9.17, 15) is 13.2 Å². The summed E-state index contributed by atoms with van der Waals surface area (Å²) in [5, 5.41) is 0. The fourth-order valence-corrected chi connectivity index (χ4v) is 6.35. The predicted octanol–water partition coefficient (Wildman–Crippen LogP) is 9.93. The van der Waals surface area contributed by atoms with Crippen molar-refractivity contribution in [3.63, 3.8) is 0 Å². The molecule has 0 unspecified atom stereocenters. The Morgan fingerprint density at radius 3 is 1.94 bits per heavy atom. The van der Waals surface area contributed by atoms with Gasteiger partial charge in [0.1, 0.15) is 0 Å². The molecule has 184 valence electrons. The van der Waals surface area contributed by atoms with Gasteiger partial charge in [0.05, 0.1) is 0 Å². The number of unbranched alkanes of at least 4 members (excludes halogenated alkanes) is 1. The van der Waals surface area contributed by atoms with Crippen molar-refractivity contribution in [2.24, 2.45) is 17.8 Å². The van der Waals surface area contributed by atoms with Gasteiger partial charge in [0.2, 0.25) is 0 Å². The minimum Gasteiger partial charge on any atom is -0.204 e. The molecular weight excluding hydrogens is 429 g/mol. The average molecular weight is 469 g/mol. The minimum atomic E-state index is -1.42. The second-order valence-corrected chi connectivity index (χ2v) is 10.8. The number of rotatable bonds is 7. The van der Waals surface area contributed by atoms with Crippen molar-refractivity contribution in [3.05, 3.63) is 70.5 Å². The maximum Gasteiger partial charge on any atom is 0.194 e. The van der Waals surface area contributed by atoms with Gasteiger partial charge in [-0.15, -0.1) is 0 Å². The van der Waals surface area contributed by atoms with Crippen LogP contribution in [0.25, 0.3) is 11.6 Å². The van der Waals surface area contributed by atoms with Crippen LogP contribution in [0.1, 0.15) is 107 Å². The van der Waals surface area contributed by atoms with Gasteiger partial charge in [-0.2, -0.15) is 0 Å². The lowest BCUT2D eigenvalue weighted by Gasteiger charge is -2.38. The summed E-state index contributed by atoms with van der Waals surface area (Å²) in [5.41, 5.74) is 3.45. The minimum absolute atomic E-state index is 0.359. The first-order valence-electron chi connectivity index (χ1n) is 13.4. The highest BCUT2D eigenvalue weighted by molar-refractivity contribution is 5.80. The van der Waals surface area contributed by atoms with E-state index in [-0.39, 0.29) is 0 Å². The molecule has 0 atom stereocenters. The van der Waals surface area contributed by atoms with Crippen LogP contribution >= 0.6 is 0 Å². The van der Waals surface area contributed by atoms with Gasteiger partial charge >= 0.3 is 0 Å². The summed E-state index contributed by atoms with van der Waals surface area (Å²) in [6, 6.07) is 10.7. The highest BCUT2D eigenvalue weighted by Gasteiger charge is 2.31. The summed E-state index contributed by atoms with van der Waals surface area (Å²) in [6.45, 7) is 4.09. The van der Waals surface area contributed by atoms with Crippen LogP contribution in [0.15, 0.2) is 36.4 Å². The molecule has 4 rings (SSSR count). The largest absolute Gasteiger partial charge is 0.204 e. The van der Waals surface area contributed by atoms with Crippen LogP contribution in [0.3, 0.4) is 0 Å². The van der Waals surface area contributed by atoms with E-state index in [2.05, 4.69) is 31.2 Å². The molecule has 0 radical (unpaired) electrons. The molecule has 2 fully saturated rings. The van der Waals surface area contributed by atoms with E-state index in [1.54, 1.807) is 6.92 Å². The van der Waals surface area contributed by atoms with Crippen molar-refractivity contribution < 1.29 is 13.2 Å². The summed E-state index contributed by atoms with van der Waals surface area (Å²) < 4.78 is 40.4. The first-order valence-corrected chi connectivity index (χ1v) is 13.4. The SMILES string of the molecule is CCCCC1CCC(C2CCC(c3ccc(/C=C(\C)c4cc(F)c(F)c(F)c4)cc3)CC2)CC1. The van der Waals surface area contributed by atoms with Crippen LogP contribution in [-0.4, -0.2) is 0 Å². The molecular formula is C31H39F3. The van der Waals surface area contributed by atoms with Crippen molar-refractivity contribution in [2.45, 2.75) is 90.4 Å². The zero-order valence-electron chi connectivity index (χ0n) is 20.8. The highest BCUT2D eigenvalue weighted by Crippen LogP contribution is 2.44. The maximum atomic E-state index is 13.6. The number of benzene rings is 2. The fourth-order valence-electron chi connectivity index (χ4n) is 6.35. The van der Waals surface area contributed by atoms with E-state index >= 15 is 0 Å². The number of hydrogen-bond donors (Lipinski definition) is 0. The average Bonchev–Trinajstić information content (AvgIpc) is 2.86. The lowest BCUT2D eigenvalue weighted by molar-refractivity contribution is 0.156. The van der Waals surface area contributed by atoms with Gasteiger partial charge in [0.25, 0.3) is 0 Å². The van der Waals surface area contributed by atoms with Crippen LogP contribution in [0.4, 0.5) is 13.2 Å². The summed E-state index contributed by atoms with van der Waals surface area (Å²) in [5.74, 6) is -0.228. The summed E-state index contributed by atoms with van der Waals surface area (Å²) >= 11 is 0. The van der Waals surface area contributed by atoms with Gasteiger partial charge in [0.15, 0.2) is 17.5 Å². The Labute approximate surface area is 203 Å². The lowest BCUT2D eigenvalue weighted by atomic mass is 9.68. The Balaban J connectivity index is 1.30. The topological polar surface area (TPSA) is 0 Å². The van der Waals surface area contributed by atoms with Gasteiger partial charge in [0, 0.05) is 0 Å². The molecule has 2 saturated carbocycles. The first-order chi connectivity index (χ1) is 16.4. The molecule has 2 aliphatic rings. The highest BCUT2D eigenvalue weighted by atomic mass is 19.2. The molecule has 0 amide bonds. The Morgan fingerprint density at radius 2 is 1.38 bits per heavy atom. The zero-order chi connectivity index (χ0) is 24.1. The number of halogens is 3. The molecule has 3 heteroatoms. The molecule has 0 nitrogen and oxygen atoms in total. The van der Waals surface area contributed by atoms with Gasteiger partial charge < -0.3 is 0 Å². The summed E-state index contributed by atoms with van der Waals surface area (Å²) in [4.78, 5) is 0. The monoisotopic (exact) mass is 468 g/mol. The summed E-state index contributed by atoms with van der Waals surface area (Å²) in [7, 11) is 0. The molecule has 34 heavy (non-hydrogen) atoms. The molecule has 2 aromatic rings. The van der Waals surface area contributed by atoms with Crippen LogP contribution in [-0.2, 0) is 0 Å². The molecule has 0 N–H and O–H groups in total. The standard InChI is InChI=1S/C31H39F3/c1-3-4-5-22-6-10-24(11-7-22)26-14-16-27(17-15-26)25-12-8-23(9-13-25)18-21(2)28-19-29(32)31(34)30(33)20-28/h8-9,12-13,18-20,22,24,26-27H,3-7,10-11,14-17H2,1-2H3/b21-18+. The van der Waals surface area contributed by atoms with Crippen LogP contribution in [0.5, 0.6) is 0 Å². The first kappa shape index (κ1) is 25.1. The Morgan fingerprint density at radius 1 is 0.824 bits per heavy atom. The van der Waals surface area contributed by atoms with E-state index in [1.807, 2.05) is 6.08 Å². The van der Waals surface area contributed by atoms with Crippen molar-refractivity contribution in [1.29, 1.82) is 0 Å². The second-order valence-electron chi connectivity index (χ2n) is 10.8. The van der Waals surface area contributed by atoms with E-state index in [1.165, 1.54) is 76.2 Å². The van der Waals surface area contributed by atoms with Gasteiger partial charge in [-0.05, 0) is 104 Å². The lowest BCUT2D eigenvalue weighted by Crippen LogP contribution is -2.25. The van der Waals surface area contributed by atoms with Gasteiger partial charge in [-0.3, -0.25) is 0 Å². The normalized spacial score (nSPS) is 26.0. The molecule has 0 heterocycles. The molecule has 0 aliphatic heterocycles. The number of allylic oxidation sites excluding steroid dienone is 1. The quantitative estimate of drug-likeness (QED) is 0.280. The van der Waals surface area contributed by atoms with E-state index in [4.69, 9.17) is 0 Å². The van der Waals surface area contributed by atoms with Crippen molar-refractivity contribution in [1.82, 2.24) is 0 Å². The van der Waals surface area contributed by atoms with Crippen molar-refractivity contribution in [3.8, 4) is 0 Å². The molecule has 0 aromatic heterocycles. The van der Waals surface area contributed by atoms with Crippen LogP contribution in [0.2, 0.25) is 0 Å². The zero-order valence-corrected chi connectivity index (χ0v) is 20.8. The molecule has 0 spiro atoms. The Kier molecular flexibility index (Phi) is 8.55. The molecule has 2 aromatic carbocycles. The molecule has 0 saturated heterocycles. The van der Waals surface area contributed by atoms with Crippen molar-refractivity contribution in [2.75, 3.05) is 0 Å². The van der Waals surface area contributed by atoms with Crippen LogP contribution < -0.4 is 0 Å². The third-order valence-corrected chi connectivity index (χ3v) is 8.53. The van der Waals surface area contributed by atoms with E-state index < -0.39 is 17.5 Å². The summed E-state index contributed by atoms with van der Waals surface area (Å²) in [6.07, 6.45) is 17.2. The maximum absolute atomic E-state index is 13.6. The van der Waals surface area contributed by atoms with E-state index in [0.29, 0.717) is 17.1 Å². The third kappa shape index (κ3) is 6.15. The molecule has 0 bridgehead atoms. The fraction of sp³-hybridized carbons (Fsp3) is 0.548. The van der Waals surface area contributed by atoms with Gasteiger partial charge in [-0.25, -0.2) is 13.2 Å². The van der Waals surface area contributed by atoms with Crippen LogP contribution in [0, 0.1) is 35.2 Å². The Bertz CT molecular complexity index is 936. The second kappa shape index (κ2) is 11.6. The predicted molar refractivity (Wildman–Crippen MR) is 136 cm³/mol. The smallest absolute Gasteiger partial charge is 0.194 e. The van der Waals surface area contributed by atoms with Crippen molar-refractivity contribution >= 4 is 11.6 Å². The van der Waals surface area contributed by atoms with Gasteiger partial charge in [-0.1, -0.05) is 69.4 Å². The molecule has 2 aliphatic carbocycles. The van der Waals surface area contributed by atoms with E-state index in [0.717, 1.165) is 35.4 Å². The third-order valence-electron chi connectivity index (χ3n) is 8.53.